The lowest BCUT2D eigenvalue weighted by atomic mass is 10.1. The third-order valence-corrected chi connectivity index (χ3v) is 3.91. The Bertz CT molecular complexity index is 839. The van der Waals surface area contributed by atoms with E-state index in [0.29, 0.717) is 13.0 Å². The Kier molecular flexibility index (Phi) is 5.09. The highest BCUT2D eigenvalue weighted by molar-refractivity contribution is 6.30. The molecule has 0 N–H and O–H groups in total. The average molecular weight is 361 g/mol. The van der Waals surface area contributed by atoms with Crippen molar-refractivity contribution < 1.29 is 18.7 Å². The van der Waals surface area contributed by atoms with E-state index in [1.54, 1.807) is 0 Å². The van der Waals surface area contributed by atoms with E-state index in [1.165, 1.54) is 17.1 Å². The first-order chi connectivity index (χ1) is 12.0. The van der Waals surface area contributed by atoms with Gasteiger partial charge in [0.05, 0.1) is 17.8 Å². The van der Waals surface area contributed by atoms with Gasteiger partial charge in [-0.2, -0.15) is 5.10 Å². The third-order valence-electron chi connectivity index (χ3n) is 3.67. The Morgan fingerprint density at radius 2 is 1.96 bits per heavy atom. The molecule has 128 valence electrons. The Hall–Kier alpha value is -2.73. The van der Waals surface area contributed by atoms with E-state index in [4.69, 9.17) is 16.3 Å². The van der Waals surface area contributed by atoms with Crippen LogP contribution in [-0.4, -0.2) is 35.7 Å². The molecule has 5 nitrogen and oxygen atoms in total. The Labute approximate surface area is 148 Å². The van der Waals surface area contributed by atoms with Gasteiger partial charge in [0.15, 0.2) is 6.61 Å². The molecule has 0 aliphatic carbocycles. The van der Waals surface area contributed by atoms with Crippen LogP contribution in [0.5, 0.6) is 0 Å². The van der Waals surface area contributed by atoms with Crippen LogP contribution in [0.2, 0.25) is 5.02 Å². The van der Waals surface area contributed by atoms with Gasteiger partial charge >= 0.3 is 5.97 Å². The van der Waals surface area contributed by atoms with E-state index in [2.05, 4.69) is 5.10 Å². The van der Waals surface area contributed by atoms with Crippen molar-refractivity contribution in [2.24, 2.45) is 5.10 Å². The van der Waals surface area contributed by atoms with Gasteiger partial charge in [-0.05, 0) is 23.8 Å². The van der Waals surface area contributed by atoms with Crippen LogP contribution in [-0.2, 0) is 9.53 Å². The third kappa shape index (κ3) is 4.03. The zero-order chi connectivity index (χ0) is 17.8. The number of rotatable bonds is 4. The number of ether oxygens (including phenoxy) is 1. The molecular formula is C18H14ClFN2O3. The van der Waals surface area contributed by atoms with Crippen LogP contribution in [0.15, 0.2) is 53.6 Å². The first-order valence-electron chi connectivity index (χ1n) is 7.60. The molecule has 2 aromatic carbocycles. The molecule has 0 saturated heterocycles. The van der Waals surface area contributed by atoms with Crippen LogP contribution in [0.3, 0.4) is 0 Å². The summed E-state index contributed by atoms with van der Waals surface area (Å²) < 4.78 is 18.5. The van der Waals surface area contributed by atoms with Gasteiger partial charge in [-0.25, -0.2) is 14.2 Å². The minimum Gasteiger partial charge on any atom is -0.452 e. The zero-order valence-electron chi connectivity index (χ0n) is 13.1. The molecule has 0 saturated carbocycles. The van der Waals surface area contributed by atoms with Crippen molar-refractivity contribution in [3.8, 4) is 0 Å². The quantitative estimate of drug-likeness (QED) is 0.786. The molecule has 25 heavy (non-hydrogen) atoms. The summed E-state index contributed by atoms with van der Waals surface area (Å²) in [7, 11) is 0. The van der Waals surface area contributed by atoms with Gasteiger partial charge in [-0.3, -0.25) is 4.79 Å². The fourth-order valence-electron chi connectivity index (χ4n) is 2.41. The van der Waals surface area contributed by atoms with Crippen LogP contribution in [0, 0.1) is 5.82 Å². The largest absolute Gasteiger partial charge is 0.452 e. The maximum absolute atomic E-state index is 13.7. The summed E-state index contributed by atoms with van der Waals surface area (Å²) in [6.07, 6.45) is 0.621. The Morgan fingerprint density at radius 1 is 1.20 bits per heavy atom. The SMILES string of the molecule is O=C(OCC(=O)N1CCC(c2ccccc2)=N1)c1ccc(Cl)cc1F. The second-order valence-corrected chi connectivity index (χ2v) is 5.82. The number of hydrogen-bond donors (Lipinski definition) is 0. The number of carbonyl (C=O) groups excluding carboxylic acids is 2. The molecule has 1 aliphatic rings. The molecule has 2 aromatic rings. The summed E-state index contributed by atoms with van der Waals surface area (Å²) in [6, 6.07) is 13.1. The fraction of sp³-hybridized carbons (Fsp3) is 0.167. The molecule has 1 aliphatic heterocycles. The highest BCUT2D eigenvalue weighted by Gasteiger charge is 2.23. The summed E-state index contributed by atoms with van der Waals surface area (Å²) in [5, 5.41) is 5.68. The number of halogens is 2. The second-order valence-electron chi connectivity index (χ2n) is 5.38. The van der Waals surface area contributed by atoms with Crippen LogP contribution < -0.4 is 0 Å². The molecule has 1 amide bonds. The molecule has 7 heteroatoms. The summed E-state index contributed by atoms with van der Waals surface area (Å²) >= 11 is 5.63. The van der Waals surface area contributed by atoms with Gasteiger partial charge in [-0.1, -0.05) is 41.9 Å². The van der Waals surface area contributed by atoms with E-state index < -0.39 is 24.3 Å². The summed E-state index contributed by atoms with van der Waals surface area (Å²) in [5.74, 6) is -2.18. The number of amides is 1. The second kappa shape index (κ2) is 7.44. The van der Waals surface area contributed by atoms with Crippen molar-refractivity contribution in [2.45, 2.75) is 6.42 Å². The van der Waals surface area contributed by atoms with Crippen molar-refractivity contribution in [1.82, 2.24) is 5.01 Å². The van der Waals surface area contributed by atoms with E-state index >= 15 is 0 Å². The molecule has 0 fully saturated rings. The predicted molar refractivity (Wildman–Crippen MR) is 91.0 cm³/mol. The van der Waals surface area contributed by atoms with E-state index in [1.807, 2.05) is 30.3 Å². The summed E-state index contributed by atoms with van der Waals surface area (Å²) in [6.45, 7) is -0.0949. The molecule has 0 unspecified atom stereocenters. The van der Waals surface area contributed by atoms with Gasteiger partial charge in [0.25, 0.3) is 5.91 Å². The maximum Gasteiger partial charge on any atom is 0.341 e. The smallest absolute Gasteiger partial charge is 0.341 e. The standard InChI is InChI=1S/C18H14ClFN2O3/c19-13-6-7-14(15(20)10-13)18(24)25-11-17(23)22-9-8-16(21-22)12-4-2-1-3-5-12/h1-7,10H,8-9,11H2. The van der Waals surface area contributed by atoms with E-state index in [-0.39, 0.29) is 10.6 Å². The van der Waals surface area contributed by atoms with Crippen molar-refractivity contribution >= 4 is 29.2 Å². The average Bonchev–Trinajstić information content (AvgIpc) is 3.10. The summed E-state index contributed by atoms with van der Waals surface area (Å²) in [4.78, 5) is 24.0. The molecule has 0 radical (unpaired) electrons. The Morgan fingerprint density at radius 3 is 2.68 bits per heavy atom. The molecule has 0 aromatic heterocycles. The molecule has 1 heterocycles. The Balaban J connectivity index is 1.60. The molecular weight excluding hydrogens is 347 g/mol. The van der Waals surface area contributed by atoms with Crippen LogP contribution >= 0.6 is 11.6 Å². The number of hydrogen-bond acceptors (Lipinski definition) is 4. The molecule has 0 bridgehead atoms. The number of esters is 1. The monoisotopic (exact) mass is 360 g/mol. The summed E-state index contributed by atoms with van der Waals surface area (Å²) in [5.41, 5.74) is 1.47. The lowest BCUT2D eigenvalue weighted by Gasteiger charge is -2.11. The normalized spacial score (nSPS) is 13.5. The lowest BCUT2D eigenvalue weighted by Crippen LogP contribution is -2.29. The molecule has 3 rings (SSSR count). The lowest BCUT2D eigenvalue weighted by molar-refractivity contribution is -0.134. The molecule has 0 atom stereocenters. The van der Waals surface area contributed by atoms with Crippen molar-refractivity contribution in [3.63, 3.8) is 0 Å². The predicted octanol–water partition coefficient (Wildman–Crippen LogP) is 3.27. The van der Waals surface area contributed by atoms with Gasteiger partial charge in [0.1, 0.15) is 5.82 Å². The number of hydrazone groups is 1. The van der Waals surface area contributed by atoms with Crippen molar-refractivity contribution in [2.75, 3.05) is 13.2 Å². The van der Waals surface area contributed by atoms with Gasteiger partial charge in [-0.15, -0.1) is 0 Å². The first kappa shape index (κ1) is 17.1. The highest BCUT2D eigenvalue weighted by atomic mass is 35.5. The van der Waals surface area contributed by atoms with Gasteiger partial charge in [0.2, 0.25) is 0 Å². The van der Waals surface area contributed by atoms with Crippen molar-refractivity contribution in [3.05, 3.63) is 70.5 Å². The zero-order valence-corrected chi connectivity index (χ0v) is 13.9. The van der Waals surface area contributed by atoms with Gasteiger partial charge in [0, 0.05) is 11.4 Å². The number of carbonyl (C=O) groups is 2. The fourth-order valence-corrected chi connectivity index (χ4v) is 2.56. The van der Waals surface area contributed by atoms with Crippen LogP contribution in [0.1, 0.15) is 22.3 Å². The maximum atomic E-state index is 13.7. The topological polar surface area (TPSA) is 59.0 Å². The minimum absolute atomic E-state index is 0.171. The minimum atomic E-state index is -0.922. The highest BCUT2D eigenvalue weighted by Crippen LogP contribution is 2.16. The first-order valence-corrected chi connectivity index (χ1v) is 7.98. The number of benzene rings is 2. The van der Waals surface area contributed by atoms with E-state index in [9.17, 15) is 14.0 Å². The van der Waals surface area contributed by atoms with Gasteiger partial charge < -0.3 is 4.74 Å². The van der Waals surface area contributed by atoms with E-state index in [0.717, 1.165) is 17.3 Å². The molecule has 0 spiro atoms. The van der Waals surface area contributed by atoms with Crippen LogP contribution in [0.4, 0.5) is 4.39 Å². The van der Waals surface area contributed by atoms with Crippen LogP contribution in [0.25, 0.3) is 0 Å². The number of nitrogens with zero attached hydrogens (tertiary/aromatic N) is 2. The van der Waals surface area contributed by atoms with Crippen molar-refractivity contribution in [1.29, 1.82) is 0 Å².